The fourth-order valence-corrected chi connectivity index (χ4v) is 3.99. The van der Waals surface area contributed by atoms with E-state index in [1.165, 1.54) is 43.5 Å². The zero-order valence-corrected chi connectivity index (χ0v) is 20.4. The van der Waals surface area contributed by atoms with Crippen LogP contribution < -0.4 is 21.1 Å². The van der Waals surface area contributed by atoms with Crippen LogP contribution in [0.4, 0.5) is 25.8 Å². The summed E-state index contributed by atoms with van der Waals surface area (Å²) in [7, 11) is 1.70. The molecule has 7 nitrogen and oxygen atoms in total. The molecule has 0 radical (unpaired) electrons. The molecule has 1 saturated heterocycles. The third kappa shape index (κ3) is 7.40. The molecule has 2 aromatic carbocycles. The maximum absolute atomic E-state index is 13.5. The molecule has 4 N–H and O–H groups in total. The molecule has 1 aliphatic heterocycles. The second kappa shape index (κ2) is 12.5. The van der Waals surface area contributed by atoms with Crippen molar-refractivity contribution in [2.75, 3.05) is 43.9 Å². The maximum atomic E-state index is 13.5. The van der Waals surface area contributed by atoms with E-state index in [2.05, 4.69) is 27.1 Å². The lowest BCUT2D eigenvalue weighted by Crippen LogP contribution is -2.31. The number of carbonyl (C=O) groups excluding carboxylic acids is 1. The van der Waals surface area contributed by atoms with Crippen LogP contribution in [0.15, 0.2) is 47.7 Å². The van der Waals surface area contributed by atoms with Crippen molar-refractivity contribution in [3.8, 4) is 5.75 Å². The first-order valence-corrected chi connectivity index (χ1v) is 11.8. The number of ether oxygens (including phenoxy) is 1. The van der Waals surface area contributed by atoms with Crippen molar-refractivity contribution in [2.45, 2.75) is 25.7 Å². The van der Waals surface area contributed by atoms with Crippen LogP contribution in [-0.4, -0.2) is 49.9 Å². The summed E-state index contributed by atoms with van der Waals surface area (Å²) in [5.41, 5.74) is 7.79. The van der Waals surface area contributed by atoms with E-state index in [4.69, 9.17) is 22.1 Å². The lowest BCUT2D eigenvalue weighted by Gasteiger charge is -2.26. The number of amides is 1. The minimum absolute atomic E-state index is 0.0725. The highest BCUT2D eigenvalue weighted by molar-refractivity contribution is 6.31. The molecule has 0 saturated carbocycles. The van der Waals surface area contributed by atoms with Gasteiger partial charge < -0.3 is 26.0 Å². The molecule has 1 amide bonds. The number of rotatable bonds is 10. The molecule has 1 aliphatic rings. The Morgan fingerprint density at radius 1 is 1.23 bits per heavy atom. The lowest BCUT2D eigenvalue weighted by molar-refractivity contribution is -0.114. The van der Waals surface area contributed by atoms with Crippen LogP contribution in [-0.2, 0) is 4.79 Å². The Balaban J connectivity index is 1.85. The molecular formula is C25H30ClF2N5O2. The third-order valence-electron chi connectivity index (χ3n) is 5.64. The molecular weight excluding hydrogens is 476 g/mol. The van der Waals surface area contributed by atoms with Gasteiger partial charge in [-0.1, -0.05) is 24.6 Å². The molecule has 0 unspecified atom stereocenters. The predicted molar refractivity (Wildman–Crippen MR) is 137 cm³/mol. The van der Waals surface area contributed by atoms with Gasteiger partial charge in [-0.25, -0.2) is 13.8 Å². The van der Waals surface area contributed by atoms with Crippen LogP contribution in [0.2, 0.25) is 5.02 Å². The van der Waals surface area contributed by atoms with Gasteiger partial charge >= 0.3 is 0 Å². The molecule has 10 heteroatoms. The predicted octanol–water partition coefficient (Wildman–Crippen LogP) is 5.23. The number of piperidine rings is 1. The summed E-state index contributed by atoms with van der Waals surface area (Å²) in [5.74, 6) is -2.28. The fraction of sp³-hybridized carbons (Fsp3) is 0.360. The van der Waals surface area contributed by atoms with Gasteiger partial charge in [0.2, 0.25) is 0 Å². The Kier molecular flexibility index (Phi) is 9.45. The molecule has 0 aromatic heterocycles. The van der Waals surface area contributed by atoms with Gasteiger partial charge in [-0.2, -0.15) is 0 Å². The summed E-state index contributed by atoms with van der Waals surface area (Å²) in [6.07, 6.45) is 4.50. The number of aliphatic imine (C=N–C) groups is 1. The molecule has 3 rings (SSSR count). The molecule has 1 heterocycles. The van der Waals surface area contributed by atoms with E-state index in [-0.39, 0.29) is 16.5 Å². The number of nitrogens with zero attached hydrogens (tertiary/aromatic N) is 2. The average molecular weight is 506 g/mol. The second-order valence-corrected chi connectivity index (χ2v) is 8.61. The minimum atomic E-state index is -1.14. The number of hydrogen-bond donors (Lipinski definition) is 3. The first-order valence-electron chi connectivity index (χ1n) is 11.4. The summed E-state index contributed by atoms with van der Waals surface area (Å²) in [6, 6.07) is 7.16. The lowest BCUT2D eigenvalue weighted by atomic mass is 10.1. The average Bonchev–Trinajstić information content (AvgIpc) is 2.85. The Morgan fingerprint density at radius 3 is 2.63 bits per heavy atom. The van der Waals surface area contributed by atoms with Crippen LogP contribution in [0, 0.1) is 5.82 Å². The number of anilines is 2. The van der Waals surface area contributed by atoms with E-state index in [0.29, 0.717) is 29.3 Å². The van der Waals surface area contributed by atoms with Gasteiger partial charge in [-0.15, -0.1) is 0 Å². The summed E-state index contributed by atoms with van der Waals surface area (Å²) in [5, 5.41) is 5.41. The summed E-state index contributed by atoms with van der Waals surface area (Å²) in [4.78, 5) is 18.7. The van der Waals surface area contributed by atoms with Gasteiger partial charge in [0, 0.05) is 30.9 Å². The van der Waals surface area contributed by atoms with Crippen LogP contribution in [0.5, 0.6) is 5.75 Å². The molecule has 35 heavy (non-hydrogen) atoms. The number of carbonyl (C=O) groups is 1. The normalized spacial score (nSPS) is 14.5. The van der Waals surface area contributed by atoms with Crippen molar-refractivity contribution < 1.29 is 18.3 Å². The van der Waals surface area contributed by atoms with Crippen molar-refractivity contribution in [2.24, 2.45) is 10.7 Å². The number of likely N-dealkylation sites (tertiary alicyclic amines) is 1. The number of nitrogens with one attached hydrogen (secondary N) is 2. The molecule has 0 bridgehead atoms. The zero-order chi connectivity index (χ0) is 25.4. The number of benzene rings is 2. The third-order valence-corrected chi connectivity index (χ3v) is 5.93. The van der Waals surface area contributed by atoms with Gasteiger partial charge in [0.05, 0.1) is 23.0 Å². The van der Waals surface area contributed by atoms with Crippen molar-refractivity contribution >= 4 is 40.4 Å². The summed E-state index contributed by atoms with van der Waals surface area (Å²) < 4.78 is 32.9. The summed E-state index contributed by atoms with van der Waals surface area (Å²) >= 11 is 5.84. The highest BCUT2D eigenvalue weighted by Gasteiger charge is 2.17. The number of nitrogens with two attached hydrogens (primary N) is 1. The van der Waals surface area contributed by atoms with Crippen molar-refractivity contribution in [3.63, 3.8) is 0 Å². The van der Waals surface area contributed by atoms with E-state index >= 15 is 0 Å². The molecule has 0 aliphatic carbocycles. The van der Waals surface area contributed by atoms with Gasteiger partial charge in [0.15, 0.2) is 5.83 Å². The van der Waals surface area contributed by atoms with Gasteiger partial charge in [-0.05, 0) is 56.6 Å². The Bertz CT molecular complexity index is 1100. The van der Waals surface area contributed by atoms with Crippen molar-refractivity contribution in [1.82, 2.24) is 4.90 Å². The molecule has 0 atom stereocenters. The largest absolute Gasteiger partial charge is 0.491 e. The summed E-state index contributed by atoms with van der Waals surface area (Å²) in [6.45, 7) is 6.56. The highest BCUT2D eigenvalue weighted by atomic mass is 35.5. The van der Waals surface area contributed by atoms with E-state index in [1.54, 1.807) is 13.1 Å². The number of halogens is 3. The smallest absolute Gasteiger partial charge is 0.283 e. The second-order valence-electron chi connectivity index (χ2n) is 8.20. The Labute approximate surface area is 209 Å². The molecule has 1 fully saturated rings. The monoisotopic (exact) mass is 505 g/mol. The van der Waals surface area contributed by atoms with Gasteiger partial charge in [0.25, 0.3) is 5.91 Å². The number of hydrogen-bond acceptors (Lipinski definition) is 5. The van der Waals surface area contributed by atoms with Crippen molar-refractivity contribution in [1.29, 1.82) is 0 Å². The molecule has 0 spiro atoms. The van der Waals surface area contributed by atoms with E-state index < -0.39 is 17.6 Å². The molecule has 2 aromatic rings. The highest BCUT2D eigenvalue weighted by Crippen LogP contribution is 2.33. The first kappa shape index (κ1) is 26.4. The Morgan fingerprint density at radius 2 is 1.97 bits per heavy atom. The van der Waals surface area contributed by atoms with Crippen LogP contribution in [0.1, 0.15) is 31.2 Å². The standard InChI is InChI=1S/C25H30ClF2N5O2/c1-16(27)25(34)32-22-14-18(24(29)31-17-7-8-20(28)19(26)13-17)21(30-2)15-23(22)35-12-6-11-33-9-4-3-5-10-33/h7-8,13-15,30H,1,3-6,9-12H2,2H3,(H2,29,31)(H,32,34). The quantitative estimate of drug-likeness (QED) is 0.178. The first-order chi connectivity index (χ1) is 16.8. The van der Waals surface area contributed by atoms with E-state index in [0.717, 1.165) is 26.1 Å². The van der Waals surface area contributed by atoms with E-state index in [9.17, 15) is 13.6 Å². The van der Waals surface area contributed by atoms with Crippen molar-refractivity contribution in [3.05, 3.63) is 59.1 Å². The Hall–Kier alpha value is -3.17. The van der Waals surface area contributed by atoms with Gasteiger partial charge in [0.1, 0.15) is 17.4 Å². The van der Waals surface area contributed by atoms with E-state index in [1.807, 2.05) is 0 Å². The van der Waals surface area contributed by atoms with Crippen LogP contribution in [0.25, 0.3) is 0 Å². The zero-order valence-electron chi connectivity index (χ0n) is 19.7. The molecule has 188 valence electrons. The van der Waals surface area contributed by atoms with Gasteiger partial charge in [-0.3, -0.25) is 4.79 Å². The SMILES string of the molecule is C=C(F)C(=O)Nc1cc(C(N)=Nc2ccc(F)c(Cl)c2)c(NC)cc1OCCCN1CCCCC1. The van der Waals surface area contributed by atoms with Crippen LogP contribution in [0.3, 0.4) is 0 Å². The van der Waals surface area contributed by atoms with Crippen LogP contribution >= 0.6 is 11.6 Å². The number of amidine groups is 1. The minimum Gasteiger partial charge on any atom is -0.491 e. The fourth-order valence-electron chi connectivity index (χ4n) is 3.81. The maximum Gasteiger partial charge on any atom is 0.283 e. The topological polar surface area (TPSA) is 92.0 Å².